The summed E-state index contributed by atoms with van der Waals surface area (Å²) in [6, 6.07) is 4.33. The topological polar surface area (TPSA) is 68.5 Å². The van der Waals surface area contributed by atoms with Gasteiger partial charge in [-0.15, -0.1) is 5.10 Å². The van der Waals surface area contributed by atoms with Crippen LogP contribution in [0, 0.1) is 5.82 Å². The number of anilines is 2. The van der Waals surface area contributed by atoms with Crippen molar-refractivity contribution in [2.75, 3.05) is 5.32 Å². The van der Waals surface area contributed by atoms with Crippen molar-refractivity contribution >= 4 is 34.3 Å². The molecular formula is C12H10ClFN6. The number of nitrogens with zero attached hydrogens (tertiary/aromatic N) is 5. The molecule has 102 valence electrons. The molecule has 0 unspecified atom stereocenters. The van der Waals surface area contributed by atoms with Gasteiger partial charge in [0.2, 0.25) is 0 Å². The molecule has 0 atom stereocenters. The second-order valence-corrected chi connectivity index (χ2v) is 4.46. The first-order valence-corrected chi connectivity index (χ1v) is 6.33. The van der Waals surface area contributed by atoms with E-state index in [0.29, 0.717) is 29.2 Å². The Hall–Kier alpha value is -2.28. The standard InChI is InChI=1S/C12H10ClFN6/c1-2-20-12-10(18-19-20)11(15-6-16-12)17-7-3-4-9(14)8(13)5-7/h3-6H,2H2,1H3,(H,15,16,17). The molecule has 0 amide bonds. The fraction of sp³-hybridized carbons (Fsp3) is 0.167. The third kappa shape index (κ3) is 2.16. The summed E-state index contributed by atoms with van der Waals surface area (Å²) in [6.45, 7) is 2.61. The summed E-state index contributed by atoms with van der Waals surface area (Å²) in [5, 5.41) is 11.1. The summed E-state index contributed by atoms with van der Waals surface area (Å²) < 4.78 is 14.8. The monoisotopic (exact) mass is 292 g/mol. The number of aryl methyl sites for hydroxylation is 1. The summed E-state index contributed by atoms with van der Waals surface area (Å²) >= 11 is 5.75. The zero-order valence-electron chi connectivity index (χ0n) is 10.5. The second-order valence-electron chi connectivity index (χ2n) is 4.05. The third-order valence-corrected chi connectivity index (χ3v) is 3.07. The number of nitrogens with one attached hydrogen (secondary N) is 1. The van der Waals surface area contributed by atoms with E-state index in [1.807, 2.05) is 6.92 Å². The molecule has 0 spiro atoms. The van der Waals surface area contributed by atoms with Crippen LogP contribution < -0.4 is 5.32 Å². The van der Waals surface area contributed by atoms with E-state index >= 15 is 0 Å². The van der Waals surface area contributed by atoms with Crippen molar-refractivity contribution in [3.63, 3.8) is 0 Å². The minimum Gasteiger partial charge on any atom is -0.338 e. The minimum atomic E-state index is -0.470. The van der Waals surface area contributed by atoms with Gasteiger partial charge in [-0.3, -0.25) is 0 Å². The molecule has 0 saturated heterocycles. The molecule has 3 rings (SSSR count). The zero-order chi connectivity index (χ0) is 14.1. The van der Waals surface area contributed by atoms with E-state index in [1.54, 1.807) is 10.7 Å². The van der Waals surface area contributed by atoms with Crippen LogP contribution in [0.15, 0.2) is 24.5 Å². The number of fused-ring (bicyclic) bond motifs is 1. The largest absolute Gasteiger partial charge is 0.338 e. The Morgan fingerprint density at radius 2 is 2.20 bits per heavy atom. The van der Waals surface area contributed by atoms with Crippen LogP contribution in [0.4, 0.5) is 15.9 Å². The van der Waals surface area contributed by atoms with Crippen LogP contribution in [0.2, 0.25) is 5.02 Å². The molecule has 1 aromatic carbocycles. The quantitative estimate of drug-likeness (QED) is 0.804. The molecule has 0 aliphatic heterocycles. The number of hydrogen-bond acceptors (Lipinski definition) is 5. The Morgan fingerprint density at radius 1 is 1.35 bits per heavy atom. The highest BCUT2D eigenvalue weighted by atomic mass is 35.5. The summed E-state index contributed by atoms with van der Waals surface area (Å²) in [6.07, 6.45) is 1.42. The number of rotatable bonds is 3. The lowest BCUT2D eigenvalue weighted by molar-refractivity contribution is 0.628. The molecular weight excluding hydrogens is 283 g/mol. The van der Waals surface area contributed by atoms with Crippen LogP contribution in [0.3, 0.4) is 0 Å². The molecule has 0 saturated carbocycles. The van der Waals surface area contributed by atoms with Gasteiger partial charge in [0.1, 0.15) is 12.1 Å². The van der Waals surface area contributed by atoms with Crippen molar-refractivity contribution < 1.29 is 4.39 Å². The van der Waals surface area contributed by atoms with E-state index in [1.165, 1.54) is 18.5 Å². The molecule has 0 radical (unpaired) electrons. The van der Waals surface area contributed by atoms with E-state index in [-0.39, 0.29) is 5.02 Å². The van der Waals surface area contributed by atoms with Crippen LogP contribution in [0.1, 0.15) is 6.92 Å². The average molecular weight is 293 g/mol. The SMILES string of the molecule is CCn1nnc2c(Nc3ccc(F)c(Cl)c3)ncnc21. The van der Waals surface area contributed by atoms with E-state index in [4.69, 9.17) is 11.6 Å². The minimum absolute atomic E-state index is 0.0394. The van der Waals surface area contributed by atoms with Crippen molar-refractivity contribution in [1.29, 1.82) is 0 Å². The Morgan fingerprint density at radius 3 is 2.95 bits per heavy atom. The van der Waals surface area contributed by atoms with Crippen LogP contribution in [-0.4, -0.2) is 25.0 Å². The number of benzene rings is 1. The van der Waals surface area contributed by atoms with Gasteiger partial charge in [-0.2, -0.15) is 0 Å². The lowest BCUT2D eigenvalue weighted by atomic mass is 10.3. The summed E-state index contributed by atoms with van der Waals surface area (Å²) in [5.41, 5.74) is 1.80. The molecule has 2 heterocycles. The molecule has 20 heavy (non-hydrogen) atoms. The van der Waals surface area contributed by atoms with Crippen LogP contribution in [-0.2, 0) is 6.54 Å². The third-order valence-electron chi connectivity index (χ3n) is 2.78. The maximum Gasteiger partial charge on any atom is 0.183 e. The predicted octanol–water partition coefficient (Wildman–Crippen LogP) is 2.78. The van der Waals surface area contributed by atoms with Crippen molar-refractivity contribution in [1.82, 2.24) is 25.0 Å². The summed E-state index contributed by atoms with van der Waals surface area (Å²) in [7, 11) is 0. The molecule has 0 bridgehead atoms. The first kappa shape index (κ1) is 12.7. The Labute approximate surface area is 118 Å². The van der Waals surface area contributed by atoms with E-state index < -0.39 is 5.82 Å². The van der Waals surface area contributed by atoms with Crippen molar-refractivity contribution in [2.45, 2.75) is 13.5 Å². The molecule has 8 heteroatoms. The maximum absolute atomic E-state index is 13.1. The summed E-state index contributed by atoms with van der Waals surface area (Å²) in [5.74, 6) is 0.0272. The van der Waals surface area contributed by atoms with Gasteiger partial charge >= 0.3 is 0 Å². The lowest BCUT2D eigenvalue weighted by Crippen LogP contribution is -1.99. The predicted molar refractivity (Wildman–Crippen MR) is 73.5 cm³/mol. The van der Waals surface area contributed by atoms with Crippen molar-refractivity contribution in [2.24, 2.45) is 0 Å². The van der Waals surface area contributed by atoms with Gasteiger partial charge in [-0.25, -0.2) is 19.0 Å². The summed E-state index contributed by atoms with van der Waals surface area (Å²) in [4.78, 5) is 8.27. The van der Waals surface area contributed by atoms with E-state index in [9.17, 15) is 4.39 Å². The maximum atomic E-state index is 13.1. The highest BCUT2D eigenvalue weighted by molar-refractivity contribution is 6.31. The van der Waals surface area contributed by atoms with Gasteiger partial charge in [0, 0.05) is 12.2 Å². The van der Waals surface area contributed by atoms with Gasteiger partial charge in [0.05, 0.1) is 5.02 Å². The highest BCUT2D eigenvalue weighted by Crippen LogP contribution is 2.24. The average Bonchev–Trinajstić information content (AvgIpc) is 2.87. The first-order chi connectivity index (χ1) is 9.69. The Bertz CT molecular complexity index is 772. The number of hydrogen-bond donors (Lipinski definition) is 1. The smallest absolute Gasteiger partial charge is 0.183 e. The Kier molecular flexibility index (Phi) is 3.19. The Balaban J connectivity index is 2.02. The fourth-order valence-electron chi connectivity index (χ4n) is 1.81. The molecule has 2 aromatic heterocycles. The first-order valence-electron chi connectivity index (χ1n) is 5.95. The molecule has 0 aliphatic carbocycles. The van der Waals surface area contributed by atoms with Crippen LogP contribution >= 0.6 is 11.6 Å². The molecule has 0 fully saturated rings. The van der Waals surface area contributed by atoms with Gasteiger partial charge in [-0.1, -0.05) is 16.8 Å². The normalized spacial score (nSPS) is 10.9. The second kappa shape index (κ2) is 5.01. The fourth-order valence-corrected chi connectivity index (χ4v) is 1.99. The van der Waals surface area contributed by atoms with Gasteiger partial charge in [0.25, 0.3) is 0 Å². The van der Waals surface area contributed by atoms with E-state index in [2.05, 4.69) is 25.6 Å². The number of halogens is 2. The van der Waals surface area contributed by atoms with Crippen LogP contribution in [0.25, 0.3) is 11.2 Å². The van der Waals surface area contributed by atoms with E-state index in [0.717, 1.165) is 0 Å². The lowest BCUT2D eigenvalue weighted by Gasteiger charge is -2.06. The van der Waals surface area contributed by atoms with Gasteiger partial charge in [-0.05, 0) is 25.1 Å². The van der Waals surface area contributed by atoms with Crippen molar-refractivity contribution in [3.8, 4) is 0 Å². The van der Waals surface area contributed by atoms with Gasteiger partial charge in [0.15, 0.2) is 17.0 Å². The molecule has 3 aromatic rings. The molecule has 0 aliphatic rings. The number of aromatic nitrogens is 5. The molecule has 6 nitrogen and oxygen atoms in total. The highest BCUT2D eigenvalue weighted by Gasteiger charge is 2.11. The van der Waals surface area contributed by atoms with Crippen molar-refractivity contribution in [3.05, 3.63) is 35.4 Å². The zero-order valence-corrected chi connectivity index (χ0v) is 11.3. The molecule has 1 N–H and O–H groups in total. The van der Waals surface area contributed by atoms with Gasteiger partial charge < -0.3 is 5.32 Å². The van der Waals surface area contributed by atoms with Crippen LogP contribution in [0.5, 0.6) is 0 Å².